The molecule has 0 amide bonds. The molecule has 1 aliphatic heterocycles. The summed E-state index contributed by atoms with van der Waals surface area (Å²) in [5.41, 5.74) is 0.351. The molecule has 7 nitrogen and oxygen atoms in total. The first-order valence-corrected chi connectivity index (χ1v) is 9.18. The highest BCUT2D eigenvalue weighted by Gasteiger charge is 2.26. The average Bonchev–Trinajstić information content (AvgIpc) is 3.11. The van der Waals surface area contributed by atoms with Gasteiger partial charge in [-0.3, -0.25) is 0 Å². The number of carbonyl (C=O) groups is 1. The number of nitrogens with zero attached hydrogens (tertiary/aromatic N) is 1. The molecule has 1 aromatic heterocycles. The van der Waals surface area contributed by atoms with Gasteiger partial charge >= 0.3 is 16.1 Å². The highest BCUT2D eigenvalue weighted by atomic mass is 79.9. The Balaban J connectivity index is 2.02. The van der Waals surface area contributed by atoms with Crippen molar-refractivity contribution in [3.05, 3.63) is 58.1 Å². The lowest BCUT2D eigenvalue weighted by Gasteiger charge is -2.07. The Morgan fingerprint density at radius 1 is 1.29 bits per heavy atom. The fraction of sp³-hybridized carbons (Fsp3) is 0.0667. The van der Waals surface area contributed by atoms with E-state index in [-0.39, 0.29) is 17.3 Å². The van der Waals surface area contributed by atoms with Gasteiger partial charge in [0.25, 0.3) is 5.90 Å². The fourth-order valence-electron chi connectivity index (χ4n) is 1.93. The van der Waals surface area contributed by atoms with Crippen molar-refractivity contribution in [2.75, 3.05) is 6.26 Å². The second-order valence-corrected chi connectivity index (χ2v) is 7.27. The Kier molecular flexibility index (Phi) is 4.29. The molecule has 2 aromatic rings. The zero-order valence-corrected chi connectivity index (χ0v) is 14.6. The summed E-state index contributed by atoms with van der Waals surface area (Å²) in [6.45, 7) is 0. The molecule has 0 spiro atoms. The average molecular weight is 412 g/mol. The molecule has 1 aromatic carbocycles. The quantitative estimate of drug-likeness (QED) is 0.436. The van der Waals surface area contributed by atoms with E-state index in [0.29, 0.717) is 15.8 Å². The second-order valence-electron chi connectivity index (χ2n) is 4.78. The lowest BCUT2D eigenvalue weighted by Crippen LogP contribution is -2.07. The van der Waals surface area contributed by atoms with Crippen LogP contribution in [0.3, 0.4) is 0 Å². The van der Waals surface area contributed by atoms with E-state index in [0.717, 1.165) is 6.26 Å². The topological polar surface area (TPSA) is 95.2 Å². The lowest BCUT2D eigenvalue weighted by atomic mass is 10.1. The van der Waals surface area contributed by atoms with Gasteiger partial charge in [-0.2, -0.15) is 8.42 Å². The summed E-state index contributed by atoms with van der Waals surface area (Å²) in [4.78, 5) is 16.0. The van der Waals surface area contributed by atoms with E-state index in [4.69, 9.17) is 13.3 Å². The van der Waals surface area contributed by atoms with Gasteiger partial charge in [-0.1, -0.05) is 15.9 Å². The van der Waals surface area contributed by atoms with Gasteiger partial charge < -0.3 is 13.3 Å². The third-order valence-corrected chi connectivity index (χ3v) is 3.83. The predicted molar refractivity (Wildman–Crippen MR) is 88.9 cm³/mol. The van der Waals surface area contributed by atoms with E-state index in [1.54, 1.807) is 24.3 Å². The number of ether oxygens (including phenoxy) is 1. The smallest absolute Gasteiger partial charge is 0.363 e. The van der Waals surface area contributed by atoms with Gasteiger partial charge in [0.05, 0.1) is 12.5 Å². The molecule has 24 heavy (non-hydrogen) atoms. The van der Waals surface area contributed by atoms with Crippen molar-refractivity contribution in [1.29, 1.82) is 0 Å². The normalized spacial score (nSPS) is 16.2. The Labute approximate surface area is 145 Å². The zero-order valence-electron chi connectivity index (χ0n) is 12.2. The molecular formula is C15H10BrNO6S. The second kappa shape index (κ2) is 6.25. The van der Waals surface area contributed by atoms with Crippen molar-refractivity contribution in [3.8, 4) is 5.75 Å². The number of benzene rings is 1. The first-order chi connectivity index (χ1) is 11.3. The number of esters is 1. The van der Waals surface area contributed by atoms with E-state index >= 15 is 0 Å². The highest BCUT2D eigenvalue weighted by molar-refractivity contribution is 9.10. The highest BCUT2D eigenvalue weighted by Crippen LogP contribution is 2.28. The number of hydrogen-bond donors (Lipinski definition) is 0. The molecule has 0 radical (unpaired) electrons. The SMILES string of the molecule is CS(=O)(=O)Oc1ccc(Br)cc1/C=C1\N=C(c2ccco2)OC1=O. The Morgan fingerprint density at radius 3 is 2.75 bits per heavy atom. The molecule has 0 saturated heterocycles. The van der Waals surface area contributed by atoms with Crippen molar-refractivity contribution in [1.82, 2.24) is 0 Å². The number of furan rings is 1. The molecule has 124 valence electrons. The molecule has 0 bridgehead atoms. The summed E-state index contributed by atoms with van der Waals surface area (Å²) in [5, 5.41) is 0. The third-order valence-electron chi connectivity index (χ3n) is 2.86. The summed E-state index contributed by atoms with van der Waals surface area (Å²) in [6.07, 6.45) is 3.74. The molecule has 9 heteroatoms. The number of halogens is 1. The third kappa shape index (κ3) is 3.74. The van der Waals surface area contributed by atoms with Crippen molar-refractivity contribution >= 4 is 44.0 Å². The Bertz CT molecular complexity index is 960. The fourth-order valence-corrected chi connectivity index (χ4v) is 2.79. The minimum atomic E-state index is -3.72. The van der Waals surface area contributed by atoms with Crippen molar-refractivity contribution in [2.45, 2.75) is 0 Å². The molecular weight excluding hydrogens is 402 g/mol. The van der Waals surface area contributed by atoms with Gasteiger partial charge in [0.2, 0.25) is 0 Å². The van der Waals surface area contributed by atoms with Crippen LogP contribution in [-0.2, 0) is 19.6 Å². The molecule has 0 saturated carbocycles. The van der Waals surface area contributed by atoms with Gasteiger partial charge in [0.1, 0.15) is 5.75 Å². The first kappa shape index (κ1) is 16.5. The lowest BCUT2D eigenvalue weighted by molar-refractivity contribution is -0.130. The van der Waals surface area contributed by atoms with Crippen molar-refractivity contribution in [3.63, 3.8) is 0 Å². The monoisotopic (exact) mass is 411 g/mol. The van der Waals surface area contributed by atoms with Crippen LogP contribution in [0.15, 0.2) is 56.2 Å². The van der Waals surface area contributed by atoms with Crippen LogP contribution in [0, 0.1) is 0 Å². The predicted octanol–water partition coefficient (Wildman–Crippen LogP) is 2.73. The Hall–Kier alpha value is -2.39. The van der Waals surface area contributed by atoms with Crippen LogP contribution >= 0.6 is 15.9 Å². The number of hydrogen-bond acceptors (Lipinski definition) is 7. The van der Waals surface area contributed by atoms with Gasteiger partial charge in [-0.25, -0.2) is 9.79 Å². The minimum Gasteiger partial charge on any atom is -0.459 e. The maximum Gasteiger partial charge on any atom is 0.363 e. The minimum absolute atomic E-state index is 0.00199. The van der Waals surface area contributed by atoms with E-state index < -0.39 is 16.1 Å². The standard InChI is InChI=1S/C15H10BrNO6S/c1-24(19,20)23-12-5-4-10(16)7-9(12)8-11-15(18)22-14(17-11)13-3-2-6-21-13/h2-8H,1H3/b11-8-. The van der Waals surface area contributed by atoms with Crippen LogP contribution in [0.25, 0.3) is 6.08 Å². The molecule has 0 aliphatic carbocycles. The van der Waals surface area contributed by atoms with E-state index in [2.05, 4.69) is 20.9 Å². The van der Waals surface area contributed by atoms with Gasteiger partial charge in [-0.05, 0) is 36.4 Å². The van der Waals surface area contributed by atoms with E-state index in [9.17, 15) is 13.2 Å². The number of rotatable bonds is 4. The van der Waals surface area contributed by atoms with E-state index in [1.165, 1.54) is 18.4 Å². The molecule has 3 rings (SSSR count). The Morgan fingerprint density at radius 2 is 2.08 bits per heavy atom. The molecule has 2 heterocycles. The largest absolute Gasteiger partial charge is 0.459 e. The van der Waals surface area contributed by atoms with E-state index in [1.807, 2.05) is 0 Å². The molecule has 0 unspecified atom stereocenters. The van der Waals surface area contributed by atoms with Crippen LogP contribution in [0.2, 0.25) is 0 Å². The molecule has 0 atom stereocenters. The molecule has 0 fully saturated rings. The summed E-state index contributed by atoms with van der Waals surface area (Å²) in [6, 6.07) is 7.93. The van der Waals surface area contributed by atoms with Crippen LogP contribution in [0.4, 0.5) is 0 Å². The van der Waals surface area contributed by atoms with Crippen molar-refractivity contribution in [2.24, 2.45) is 4.99 Å². The van der Waals surface area contributed by atoms with Gasteiger partial charge in [0.15, 0.2) is 11.5 Å². The molecule has 0 N–H and O–H groups in total. The van der Waals surface area contributed by atoms with Crippen molar-refractivity contribution < 1.29 is 26.5 Å². The maximum absolute atomic E-state index is 11.9. The number of cyclic esters (lactones) is 1. The summed E-state index contributed by atoms with van der Waals surface area (Å²) in [5.74, 6) is -0.250. The number of carbonyl (C=O) groups excluding carboxylic acids is 1. The van der Waals surface area contributed by atoms with Gasteiger partial charge in [0, 0.05) is 10.0 Å². The molecule has 1 aliphatic rings. The van der Waals surface area contributed by atoms with Gasteiger partial charge in [-0.15, -0.1) is 0 Å². The van der Waals surface area contributed by atoms with Crippen LogP contribution in [0.1, 0.15) is 11.3 Å². The number of aliphatic imine (C=N–C) groups is 1. The van der Waals surface area contributed by atoms with Crippen LogP contribution in [-0.4, -0.2) is 26.5 Å². The summed E-state index contributed by atoms with van der Waals surface area (Å²) in [7, 11) is -3.72. The van der Waals surface area contributed by atoms with Crippen LogP contribution in [0.5, 0.6) is 5.75 Å². The summed E-state index contributed by atoms with van der Waals surface area (Å²) < 4.78 is 38.5. The zero-order chi connectivity index (χ0) is 17.3. The first-order valence-electron chi connectivity index (χ1n) is 6.57. The summed E-state index contributed by atoms with van der Waals surface area (Å²) >= 11 is 3.28. The maximum atomic E-state index is 11.9. The van der Waals surface area contributed by atoms with Crippen LogP contribution < -0.4 is 4.18 Å².